The molecule has 0 spiro atoms. The van der Waals surface area contributed by atoms with Crippen molar-refractivity contribution in [1.82, 2.24) is 14.9 Å². The van der Waals surface area contributed by atoms with Crippen LogP contribution < -0.4 is 5.32 Å². The Morgan fingerprint density at radius 3 is 2.58 bits per heavy atom. The lowest BCUT2D eigenvalue weighted by Gasteiger charge is -2.21. The number of halogens is 1. The Morgan fingerprint density at radius 2 is 1.96 bits per heavy atom. The number of aromatic nitrogens is 2. The maximum atomic E-state index is 12.9. The van der Waals surface area contributed by atoms with Gasteiger partial charge < -0.3 is 15.0 Å². The summed E-state index contributed by atoms with van der Waals surface area (Å²) in [5.41, 5.74) is 0.570. The van der Waals surface area contributed by atoms with E-state index in [0.717, 1.165) is 5.82 Å². The minimum atomic E-state index is -0.881. The molecule has 2 rings (SSSR count). The standard InChI is InChI=1S/C18H24FN3O2/c1-12(2)18-20-9-11-22(18)10-8-16(23)21-13(3)17(24)14-4-6-15(19)7-5-14/h4-7,9,11-13,17,24H,8,10H2,1-3H3,(H,21,23). The van der Waals surface area contributed by atoms with Gasteiger partial charge in [0.15, 0.2) is 0 Å². The van der Waals surface area contributed by atoms with Crippen molar-refractivity contribution in [2.45, 2.75) is 51.8 Å². The van der Waals surface area contributed by atoms with Crippen LogP contribution in [0.4, 0.5) is 4.39 Å². The second-order valence-electron chi connectivity index (χ2n) is 6.24. The molecular weight excluding hydrogens is 309 g/mol. The number of carbonyl (C=O) groups excluding carboxylic acids is 1. The largest absolute Gasteiger partial charge is 0.386 e. The number of hydrogen-bond acceptors (Lipinski definition) is 3. The molecule has 24 heavy (non-hydrogen) atoms. The van der Waals surface area contributed by atoms with Gasteiger partial charge >= 0.3 is 0 Å². The van der Waals surface area contributed by atoms with Crippen LogP contribution in [0.1, 0.15) is 50.6 Å². The maximum absolute atomic E-state index is 12.9. The molecule has 6 heteroatoms. The number of aliphatic hydroxyl groups is 1. The minimum Gasteiger partial charge on any atom is -0.386 e. The summed E-state index contributed by atoms with van der Waals surface area (Å²) in [5, 5.41) is 13.0. The van der Waals surface area contributed by atoms with Gasteiger partial charge in [0.25, 0.3) is 0 Å². The second-order valence-corrected chi connectivity index (χ2v) is 6.24. The van der Waals surface area contributed by atoms with Crippen molar-refractivity contribution < 1.29 is 14.3 Å². The predicted octanol–water partition coefficient (Wildman–Crippen LogP) is 2.77. The first kappa shape index (κ1) is 18.1. The summed E-state index contributed by atoms with van der Waals surface area (Å²) in [6, 6.07) is 5.15. The van der Waals surface area contributed by atoms with Gasteiger partial charge in [-0.2, -0.15) is 0 Å². The van der Waals surface area contributed by atoms with E-state index in [2.05, 4.69) is 24.1 Å². The van der Waals surface area contributed by atoms with Crippen LogP contribution in [0.3, 0.4) is 0 Å². The van der Waals surface area contributed by atoms with Crippen molar-refractivity contribution in [2.75, 3.05) is 0 Å². The molecule has 0 aliphatic rings. The fourth-order valence-corrected chi connectivity index (χ4v) is 2.59. The first-order valence-corrected chi connectivity index (χ1v) is 8.12. The lowest BCUT2D eigenvalue weighted by Crippen LogP contribution is -2.37. The topological polar surface area (TPSA) is 67.2 Å². The van der Waals surface area contributed by atoms with Gasteiger partial charge in [-0.3, -0.25) is 4.79 Å². The van der Waals surface area contributed by atoms with Crippen LogP contribution in [0.15, 0.2) is 36.7 Å². The van der Waals surface area contributed by atoms with E-state index >= 15 is 0 Å². The molecule has 0 fully saturated rings. The zero-order valence-electron chi connectivity index (χ0n) is 14.2. The summed E-state index contributed by atoms with van der Waals surface area (Å²) in [4.78, 5) is 16.4. The van der Waals surface area contributed by atoms with E-state index in [4.69, 9.17) is 0 Å². The lowest BCUT2D eigenvalue weighted by molar-refractivity contribution is -0.122. The van der Waals surface area contributed by atoms with E-state index in [-0.39, 0.29) is 11.7 Å². The smallest absolute Gasteiger partial charge is 0.222 e. The third-order valence-corrected chi connectivity index (χ3v) is 3.92. The van der Waals surface area contributed by atoms with E-state index in [0.29, 0.717) is 24.4 Å². The fourth-order valence-electron chi connectivity index (χ4n) is 2.59. The minimum absolute atomic E-state index is 0.146. The van der Waals surface area contributed by atoms with Crippen molar-refractivity contribution in [3.8, 4) is 0 Å². The van der Waals surface area contributed by atoms with Crippen LogP contribution in [0.5, 0.6) is 0 Å². The van der Waals surface area contributed by atoms with E-state index in [1.807, 2.05) is 10.8 Å². The van der Waals surface area contributed by atoms with Crippen LogP contribution in [0, 0.1) is 5.82 Å². The molecule has 1 heterocycles. The lowest BCUT2D eigenvalue weighted by atomic mass is 10.0. The Hall–Kier alpha value is -2.21. The number of nitrogens with one attached hydrogen (secondary N) is 1. The highest BCUT2D eigenvalue weighted by molar-refractivity contribution is 5.76. The van der Waals surface area contributed by atoms with E-state index < -0.39 is 12.1 Å². The summed E-state index contributed by atoms with van der Waals surface area (Å²) in [6.07, 6.45) is 3.01. The van der Waals surface area contributed by atoms with E-state index in [1.165, 1.54) is 24.3 Å². The third kappa shape index (κ3) is 4.64. The number of imidazole rings is 1. The normalized spacial score (nSPS) is 13.8. The van der Waals surface area contributed by atoms with Crippen LogP contribution in [-0.2, 0) is 11.3 Å². The molecule has 130 valence electrons. The third-order valence-electron chi connectivity index (χ3n) is 3.92. The molecule has 5 nitrogen and oxygen atoms in total. The van der Waals surface area contributed by atoms with Crippen molar-refractivity contribution >= 4 is 5.91 Å². The van der Waals surface area contributed by atoms with E-state index in [9.17, 15) is 14.3 Å². The van der Waals surface area contributed by atoms with Crippen LogP contribution in [0.2, 0.25) is 0 Å². The highest BCUT2D eigenvalue weighted by Crippen LogP contribution is 2.17. The SMILES string of the molecule is CC(C)c1nccn1CCC(=O)NC(C)C(O)c1ccc(F)cc1. The molecule has 0 aliphatic carbocycles. The molecule has 2 aromatic rings. The fraction of sp³-hybridized carbons (Fsp3) is 0.444. The predicted molar refractivity (Wildman–Crippen MR) is 89.9 cm³/mol. The molecule has 0 aliphatic heterocycles. The van der Waals surface area contributed by atoms with Gasteiger partial charge in [0.05, 0.1) is 12.1 Å². The summed E-state index contributed by atoms with van der Waals surface area (Å²) in [7, 11) is 0. The van der Waals surface area contributed by atoms with Gasteiger partial charge in [-0.25, -0.2) is 9.37 Å². The quantitative estimate of drug-likeness (QED) is 0.819. The number of rotatable bonds is 7. The first-order valence-electron chi connectivity index (χ1n) is 8.12. The number of aryl methyl sites for hydroxylation is 1. The summed E-state index contributed by atoms with van der Waals surface area (Å²) < 4.78 is 14.9. The van der Waals surface area contributed by atoms with Gasteiger partial charge in [0.2, 0.25) is 5.91 Å². The molecule has 0 radical (unpaired) electrons. The Labute approximate surface area is 141 Å². The molecule has 2 atom stereocenters. The van der Waals surface area contributed by atoms with Crippen molar-refractivity contribution in [3.63, 3.8) is 0 Å². The number of hydrogen-bond donors (Lipinski definition) is 2. The molecule has 2 N–H and O–H groups in total. The van der Waals surface area contributed by atoms with Crippen LogP contribution in [-0.4, -0.2) is 26.6 Å². The Kier molecular flexibility index (Phi) is 6.09. The van der Waals surface area contributed by atoms with Gasteiger partial charge in [0, 0.05) is 31.3 Å². The number of benzene rings is 1. The van der Waals surface area contributed by atoms with Gasteiger partial charge in [-0.15, -0.1) is 0 Å². The molecule has 2 unspecified atom stereocenters. The summed E-state index contributed by atoms with van der Waals surface area (Å²) >= 11 is 0. The highest BCUT2D eigenvalue weighted by atomic mass is 19.1. The second kappa shape index (κ2) is 8.06. The average Bonchev–Trinajstić information content (AvgIpc) is 3.01. The monoisotopic (exact) mass is 333 g/mol. The molecule has 0 saturated heterocycles. The molecule has 1 aromatic heterocycles. The maximum Gasteiger partial charge on any atom is 0.222 e. The van der Waals surface area contributed by atoms with Gasteiger partial charge in [-0.1, -0.05) is 26.0 Å². The van der Waals surface area contributed by atoms with Gasteiger partial charge in [0.1, 0.15) is 11.6 Å². The number of carbonyl (C=O) groups is 1. The Bertz CT molecular complexity index is 667. The van der Waals surface area contributed by atoms with Gasteiger partial charge in [-0.05, 0) is 24.6 Å². The van der Waals surface area contributed by atoms with Crippen LogP contribution in [0.25, 0.3) is 0 Å². The number of nitrogens with zero attached hydrogens (tertiary/aromatic N) is 2. The number of amides is 1. The van der Waals surface area contributed by atoms with Crippen molar-refractivity contribution in [2.24, 2.45) is 0 Å². The zero-order chi connectivity index (χ0) is 17.7. The Morgan fingerprint density at radius 1 is 1.29 bits per heavy atom. The molecule has 0 bridgehead atoms. The van der Waals surface area contributed by atoms with E-state index in [1.54, 1.807) is 13.1 Å². The van der Waals surface area contributed by atoms with Crippen molar-refractivity contribution in [1.29, 1.82) is 0 Å². The molecule has 0 saturated carbocycles. The molecule has 1 aromatic carbocycles. The number of aliphatic hydroxyl groups excluding tert-OH is 1. The zero-order valence-corrected chi connectivity index (χ0v) is 14.2. The molecular formula is C18H24FN3O2. The summed E-state index contributed by atoms with van der Waals surface area (Å²) in [5.74, 6) is 0.737. The first-order chi connectivity index (χ1) is 11.4. The highest BCUT2D eigenvalue weighted by Gasteiger charge is 2.18. The Balaban J connectivity index is 1.87. The summed E-state index contributed by atoms with van der Waals surface area (Å²) in [6.45, 7) is 6.38. The van der Waals surface area contributed by atoms with Crippen molar-refractivity contribution in [3.05, 3.63) is 53.9 Å². The average molecular weight is 333 g/mol. The van der Waals surface area contributed by atoms with Crippen LogP contribution >= 0.6 is 0 Å². The molecule has 1 amide bonds.